The molecule has 0 saturated carbocycles. The van der Waals surface area contributed by atoms with Crippen molar-refractivity contribution in [2.24, 2.45) is 0 Å². The molecule has 0 amide bonds. The number of ether oxygens (including phenoxy) is 1. The maximum absolute atomic E-state index is 5.19. The van der Waals surface area contributed by atoms with E-state index in [0.29, 0.717) is 0 Å². The van der Waals surface area contributed by atoms with Crippen LogP contribution in [0.2, 0.25) is 0 Å². The van der Waals surface area contributed by atoms with E-state index < -0.39 is 0 Å². The van der Waals surface area contributed by atoms with Crippen molar-refractivity contribution >= 4 is 17.6 Å². The molecule has 1 aromatic heterocycles. The fourth-order valence-electron chi connectivity index (χ4n) is 2.42. The van der Waals surface area contributed by atoms with Gasteiger partial charge in [-0.25, -0.2) is 9.97 Å². The van der Waals surface area contributed by atoms with Gasteiger partial charge in [0, 0.05) is 30.0 Å². The molecule has 4 nitrogen and oxygen atoms in total. The summed E-state index contributed by atoms with van der Waals surface area (Å²) in [5.74, 6) is 4.78. The zero-order valence-corrected chi connectivity index (χ0v) is 13.2. The first kappa shape index (κ1) is 14.2. The van der Waals surface area contributed by atoms with Crippen molar-refractivity contribution in [1.82, 2.24) is 9.97 Å². The summed E-state index contributed by atoms with van der Waals surface area (Å²) in [4.78, 5) is 9.44. The van der Waals surface area contributed by atoms with E-state index in [1.54, 1.807) is 7.11 Å². The van der Waals surface area contributed by atoms with Crippen molar-refractivity contribution in [1.29, 1.82) is 0 Å². The average Bonchev–Trinajstić information content (AvgIpc) is 2.97. The Balaban J connectivity index is 1.86. The van der Waals surface area contributed by atoms with Gasteiger partial charge in [0.2, 0.25) is 0 Å². The van der Waals surface area contributed by atoms with Gasteiger partial charge in [-0.1, -0.05) is 12.1 Å². The van der Waals surface area contributed by atoms with Crippen molar-refractivity contribution < 1.29 is 4.74 Å². The van der Waals surface area contributed by atoms with E-state index >= 15 is 0 Å². The van der Waals surface area contributed by atoms with E-state index in [-0.39, 0.29) is 0 Å². The number of methoxy groups -OCH3 is 1. The molecule has 0 saturated heterocycles. The second kappa shape index (κ2) is 6.35. The maximum Gasteiger partial charge on any atom is 0.135 e. The molecule has 0 atom stereocenters. The molecule has 110 valence electrons. The summed E-state index contributed by atoms with van der Waals surface area (Å²) in [5, 5.41) is 3.37. The Labute approximate surface area is 129 Å². The molecule has 1 aliphatic rings. The third-order valence-corrected chi connectivity index (χ3v) is 4.46. The summed E-state index contributed by atoms with van der Waals surface area (Å²) < 4.78 is 5.19. The van der Waals surface area contributed by atoms with E-state index in [0.717, 1.165) is 41.9 Å². The largest absolute Gasteiger partial charge is 0.497 e. The number of hydrogen-bond acceptors (Lipinski definition) is 5. The Bertz CT molecular complexity index is 628. The molecular formula is C16H19N3OS. The second-order valence-corrected chi connectivity index (χ2v) is 5.95. The van der Waals surface area contributed by atoms with Crippen molar-refractivity contribution in [3.63, 3.8) is 0 Å². The number of hydrogen-bond donors (Lipinski definition) is 1. The van der Waals surface area contributed by atoms with Crippen LogP contribution in [0, 0.1) is 0 Å². The van der Waals surface area contributed by atoms with Gasteiger partial charge < -0.3 is 10.1 Å². The first-order valence-corrected chi connectivity index (χ1v) is 8.29. The molecule has 0 radical (unpaired) electrons. The Morgan fingerprint density at radius 3 is 2.71 bits per heavy atom. The van der Waals surface area contributed by atoms with Crippen molar-refractivity contribution in [2.45, 2.75) is 24.9 Å². The van der Waals surface area contributed by atoms with Crippen molar-refractivity contribution in [3.8, 4) is 5.75 Å². The highest BCUT2D eigenvalue weighted by atomic mass is 32.2. The monoisotopic (exact) mass is 301 g/mol. The van der Waals surface area contributed by atoms with Gasteiger partial charge in [-0.2, -0.15) is 11.8 Å². The molecule has 1 N–H and O–H groups in total. The van der Waals surface area contributed by atoms with Gasteiger partial charge in [-0.05, 0) is 24.6 Å². The minimum absolute atomic E-state index is 0.750. The highest BCUT2D eigenvalue weighted by Crippen LogP contribution is 2.33. The molecule has 0 unspecified atom stereocenters. The molecule has 1 aromatic carbocycles. The minimum atomic E-state index is 0.750. The normalized spacial score (nSPS) is 13.0. The first-order chi connectivity index (χ1) is 10.3. The number of fused-ring (bicyclic) bond motifs is 1. The number of anilines is 1. The fourth-order valence-corrected chi connectivity index (χ4v) is 3.46. The summed E-state index contributed by atoms with van der Waals surface area (Å²) in [6.07, 6.45) is 0.750. The SMILES string of the molecule is CCNc1nc(Cc2ccc(OC)cc2)nc2c1CSC2. The highest BCUT2D eigenvalue weighted by molar-refractivity contribution is 7.98. The number of rotatable bonds is 5. The van der Waals surface area contributed by atoms with Crippen LogP contribution in [0.15, 0.2) is 24.3 Å². The predicted octanol–water partition coefficient (Wildman–Crippen LogP) is 3.25. The standard InChI is InChI=1S/C16H19N3OS/c1-3-17-16-13-9-21-10-14(13)18-15(19-16)8-11-4-6-12(20-2)7-5-11/h4-7H,3,8-10H2,1-2H3,(H,17,18,19). The number of thioether (sulfide) groups is 1. The maximum atomic E-state index is 5.19. The van der Waals surface area contributed by atoms with Crippen LogP contribution in [-0.2, 0) is 17.9 Å². The summed E-state index contributed by atoms with van der Waals surface area (Å²) in [5.41, 5.74) is 3.67. The van der Waals surface area contributed by atoms with E-state index in [4.69, 9.17) is 14.7 Å². The zero-order valence-electron chi connectivity index (χ0n) is 12.3. The van der Waals surface area contributed by atoms with Gasteiger partial charge in [0.1, 0.15) is 17.4 Å². The van der Waals surface area contributed by atoms with Crippen LogP contribution in [0.1, 0.15) is 29.6 Å². The second-order valence-electron chi connectivity index (χ2n) is 4.96. The quantitative estimate of drug-likeness (QED) is 0.918. The summed E-state index contributed by atoms with van der Waals surface area (Å²) in [7, 11) is 1.68. The van der Waals surface area contributed by atoms with Crippen LogP contribution in [-0.4, -0.2) is 23.6 Å². The molecule has 0 bridgehead atoms. The van der Waals surface area contributed by atoms with Crippen LogP contribution in [0.4, 0.5) is 5.82 Å². The van der Waals surface area contributed by atoms with Gasteiger partial charge in [0.25, 0.3) is 0 Å². The lowest BCUT2D eigenvalue weighted by Crippen LogP contribution is -2.08. The summed E-state index contributed by atoms with van der Waals surface area (Å²) >= 11 is 1.90. The molecular weight excluding hydrogens is 282 g/mol. The van der Waals surface area contributed by atoms with Crippen LogP contribution in [0.5, 0.6) is 5.75 Å². The van der Waals surface area contributed by atoms with Gasteiger partial charge in [-0.15, -0.1) is 0 Å². The van der Waals surface area contributed by atoms with E-state index in [1.807, 2.05) is 23.9 Å². The summed E-state index contributed by atoms with van der Waals surface area (Å²) in [6.45, 7) is 2.98. The molecule has 3 rings (SSSR count). The van der Waals surface area contributed by atoms with Crippen LogP contribution < -0.4 is 10.1 Å². The lowest BCUT2D eigenvalue weighted by atomic mass is 10.1. The zero-order chi connectivity index (χ0) is 14.7. The van der Waals surface area contributed by atoms with Crippen LogP contribution >= 0.6 is 11.8 Å². The molecule has 5 heteroatoms. The van der Waals surface area contributed by atoms with Gasteiger partial charge >= 0.3 is 0 Å². The molecule has 0 aliphatic carbocycles. The van der Waals surface area contributed by atoms with Gasteiger partial charge in [0.05, 0.1) is 12.8 Å². The van der Waals surface area contributed by atoms with Crippen molar-refractivity contribution in [2.75, 3.05) is 19.0 Å². The predicted molar refractivity (Wildman–Crippen MR) is 87.0 cm³/mol. The topological polar surface area (TPSA) is 47.0 Å². The first-order valence-electron chi connectivity index (χ1n) is 7.13. The Hall–Kier alpha value is -1.75. The summed E-state index contributed by atoms with van der Waals surface area (Å²) in [6, 6.07) is 8.09. The number of nitrogens with zero attached hydrogens (tertiary/aromatic N) is 2. The number of benzene rings is 1. The molecule has 0 fully saturated rings. The van der Waals surface area contributed by atoms with Crippen molar-refractivity contribution in [3.05, 3.63) is 46.9 Å². The van der Waals surface area contributed by atoms with E-state index in [1.165, 1.54) is 16.8 Å². The highest BCUT2D eigenvalue weighted by Gasteiger charge is 2.19. The molecule has 2 aromatic rings. The smallest absolute Gasteiger partial charge is 0.135 e. The third kappa shape index (κ3) is 3.13. The van der Waals surface area contributed by atoms with E-state index in [9.17, 15) is 0 Å². The number of nitrogens with one attached hydrogen (secondary N) is 1. The average molecular weight is 301 g/mol. The van der Waals surface area contributed by atoms with E-state index in [2.05, 4.69) is 24.4 Å². The lowest BCUT2D eigenvalue weighted by molar-refractivity contribution is 0.414. The lowest BCUT2D eigenvalue weighted by Gasteiger charge is -2.10. The fraction of sp³-hybridized carbons (Fsp3) is 0.375. The minimum Gasteiger partial charge on any atom is -0.497 e. The van der Waals surface area contributed by atoms with Gasteiger partial charge in [-0.3, -0.25) is 0 Å². The molecule has 1 aliphatic heterocycles. The third-order valence-electron chi connectivity index (χ3n) is 3.49. The van der Waals surface area contributed by atoms with Gasteiger partial charge in [0.15, 0.2) is 0 Å². The van der Waals surface area contributed by atoms with Crippen LogP contribution in [0.3, 0.4) is 0 Å². The molecule has 21 heavy (non-hydrogen) atoms. The molecule has 0 spiro atoms. The van der Waals surface area contributed by atoms with Crippen LogP contribution in [0.25, 0.3) is 0 Å². The number of aromatic nitrogens is 2. The molecule has 2 heterocycles. The Morgan fingerprint density at radius 1 is 1.19 bits per heavy atom. The Kier molecular flexibility index (Phi) is 4.29. The Morgan fingerprint density at radius 2 is 2.00 bits per heavy atom.